The van der Waals surface area contributed by atoms with Crippen molar-refractivity contribution < 1.29 is 9.47 Å². The predicted molar refractivity (Wildman–Crippen MR) is 122 cm³/mol. The number of benzene rings is 1. The zero-order chi connectivity index (χ0) is 20.7. The summed E-state index contributed by atoms with van der Waals surface area (Å²) in [7, 11) is 0. The molecule has 0 bridgehead atoms. The lowest BCUT2D eigenvalue weighted by Crippen LogP contribution is -2.27. The molecular formula is C25H35N3O2. The first-order chi connectivity index (χ1) is 14.5. The van der Waals surface area contributed by atoms with Crippen LogP contribution in [0, 0.1) is 6.92 Å². The molecule has 3 aliphatic heterocycles. The minimum absolute atomic E-state index is 0.0459. The van der Waals surface area contributed by atoms with Crippen LogP contribution in [0.1, 0.15) is 68.9 Å². The second-order valence-corrected chi connectivity index (χ2v) is 9.92. The van der Waals surface area contributed by atoms with E-state index in [0.29, 0.717) is 0 Å². The third-order valence-corrected chi connectivity index (χ3v) is 6.81. The molecule has 2 saturated heterocycles. The standard InChI is InChI=1S/C25H35N3O2/c1-17-14-18-20(15-22(17)30-13-7-11-28-9-4-5-10-28)26-24(21-8-6-12-29-21)19-16-25(2,3)27-23(18)19/h14-15,21,27H,4-13,16H2,1-3H3. The molecule has 30 heavy (non-hydrogen) atoms. The number of pyridine rings is 1. The third-order valence-electron chi connectivity index (χ3n) is 6.81. The Morgan fingerprint density at radius 2 is 2.07 bits per heavy atom. The molecule has 0 aliphatic carbocycles. The van der Waals surface area contributed by atoms with E-state index in [2.05, 4.69) is 43.1 Å². The highest BCUT2D eigenvalue weighted by atomic mass is 16.5. The van der Waals surface area contributed by atoms with Gasteiger partial charge in [0.2, 0.25) is 0 Å². The second-order valence-electron chi connectivity index (χ2n) is 9.92. The van der Waals surface area contributed by atoms with Crippen LogP contribution in [0.4, 0.5) is 5.69 Å². The largest absolute Gasteiger partial charge is 0.493 e. The van der Waals surface area contributed by atoms with Crippen LogP contribution in [0.3, 0.4) is 0 Å². The fraction of sp³-hybridized carbons (Fsp3) is 0.640. The van der Waals surface area contributed by atoms with E-state index in [1.165, 1.54) is 48.1 Å². The summed E-state index contributed by atoms with van der Waals surface area (Å²) in [5.74, 6) is 0.965. The highest BCUT2D eigenvalue weighted by molar-refractivity contribution is 5.96. The van der Waals surface area contributed by atoms with Gasteiger partial charge in [-0.25, -0.2) is 4.98 Å². The second kappa shape index (κ2) is 8.01. The Morgan fingerprint density at radius 1 is 1.23 bits per heavy atom. The molecule has 1 aromatic carbocycles. The van der Waals surface area contributed by atoms with Crippen LogP contribution in [-0.2, 0) is 11.2 Å². The van der Waals surface area contributed by atoms with Gasteiger partial charge < -0.3 is 19.7 Å². The zero-order valence-corrected chi connectivity index (χ0v) is 18.7. The lowest BCUT2D eigenvalue weighted by atomic mass is 9.95. The lowest BCUT2D eigenvalue weighted by molar-refractivity contribution is 0.108. The number of likely N-dealkylation sites (tertiary alicyclic amines) is 1. The van der Waals surface area contributed by atoms with Gasteiger partial charge in [-0.1, -0.05) is 0 Å². The van der Waals surface area contributed by atoms with Crippen molar-refractivity contribution in [3.05, 3.63) is 29.0 Å². The average molecular weight is 410 g/mol. The molecule has 5 rings (SSSR count). The summed E-state index contributed by atoms with van der Waals surface area (Å²) >= 11 is 0. The maximum Gasteiger partial charge on any atom is 0.124 e. The van der Waals surface area contributed by atoms with Crippen molar-refractivity contribution in [1.82, 2.24) is 9.88 Å². The van der Waals surface area contributed by atoms with Crippen LogP contribution in [0.25, 0.3) is 10.9 Å². The van der Waals surface area contributed by atoms with Crippen molar-refractivity contribution in [3.63, 3.8) is 0 Å². The van der Waals surface area contributed by atoms with Gasteiger partial charge in [-0.2, -0.15) is 0 Å². The Labute approximate surface area is 180 Å². The van der Waals surface area contributed by atoms with Gasteiger partial charge in [-0.15, -0.1) is 0 Å². The summed E-state index contributed by atoms with van der Waals surface area (Å²) in [5, 5.41) is 4.98. The highest BCUT2D eigenvalue weighted by Gasteiger charge is 2.35. The monoisotopic (exact) mass is 409 g/mol. The molecule has 3 aliphatic rings. The van der Waals surface area contributed by atoms with Crippen LogP contribution in [0.5, 0.6) is 5.75 Å². The smallest absolute Gasteiger partial charge is 0.124 e. The van der Waals surface area contributed by atoms with E-state index in [4.69, 9.17) is 14.5 Å². The number of fused-ring (bicyclic) bond motifs is 3. The van der Waals surface area contributed by atoms with E-state index in [-0.39, 0.29) is 11.6 Å². The van der Waals surface area contributed by atoms with E-state index in [1.54, 1.807) is 0 Å². The Morgan fingerprint density at radius 3 is 2.83 bits per heavy atom. The Balaban J connectivity index is 1.42. The van der Waals surface area contributed by atoms with Crippen molar-refractivity contribution in [2.24, 2.45) is 0 Å². The predicted octanol–water partition coefficient (Wildman–Crippen LogP) is 5.01. The Bertz CT molecular complexity index is 928. The normalized spacial score (nSPS) is 23.1. The van der Waals surface area contributed by atoms with Gasteiger partial charge >= 0.3 is 0 Å². The van der Waals surface area contributed by atoms with Crippen molar-refractivity contribution in [2.45, 2.75) is 70.9 Å². The van der Waals surface area contributed by atoms with E-state index in [0.717, 1.165) is 62.4 Å². The van der Waals surface area contributed by atoms with E-state index in [1.807, 2.05) is 0 Å². The molecular weight excluding hydrogens is 374 g/mol. The molecule has 0 spiro atoms. The van der Waals surface area contributed by atoms with Crippen LogP contribution in [-0.4, -0.2) is 48.3 Å². The summed E-state index contributed by atoms with van der Waals surface area (Å²) in [5.41, 5.74) is 5.98. The van der Waals surface area contributed by atoms with Crippen LogP contribution >= 0.6 is 0 Å². The van der Waals surface area contributed by atoms with E-state index >= 15 is 0 Å². The molecule has 4 heterocycles. The SMILES string of the molecule is Cc1cc2c3c(c(C4CCCO4)nc2cc1OCCCN1CCCC1)CC(C)(C)N3. The number of anilines is 1. The molecule has 0 radical (unpaired) electrons. The summed E-state index contributed by atoms with van der Waals surface area (Å²) in [4.78, 5) is 7.68. The maximum atomic E-state index is 6.21. The molecule has 2 aromatic rings. The molecule has 1 N–H and O–H groups in total. The van der Waals surface area contributed by atoms with Crippen LogP contribution in [0.2, 0.25) is 0 Å². The van der Waals surface area contributed by atoms with Gasteiger partial charge in [0.05, 0.1) is 23.9 Å². The molecule has 0 saturated carbocycles. The highest BCUT2D eigenvalue weighted by Crippen LogP contribution is 2.44. The molecule has 0 amide bonds. The van der Waals surface area contributed by atoms with E-state index in [9.17, 15) is 0 Å². The summed E-state index contributed by atoms with van der Waals surface area (Å²) in [6.45, 7) is 11.9. The maximum absolute atomic E-state index is 6.21. The lowest BCUT2D eigenvalue weighted by Gasteiger charge is -2.19. The number of aryl methyl sites for hydroxylation is 1. The number of hydrogen-bond donors (Lipinski definition) is 1. The van der Waals surface area contributed by atoms with Gasteiger partial charge in [0.15, 0.2) is 0 Å². The van der Waals surface area contributed by atoms with Crippen molar-refractivity contribution >= 4 is 16.6 Å². The Kier molecular flexibility index (Phi) is 5.36. The number of ether oxygens (including phenoxy) is 2. The first-order valence-electron chi connectivity index (χ1n) is 11.7. The van der Waals surface area contributed by atoms with Gasteiger partial charge in [-0.3, -0.25) is 0 Å². The number of nitrogens with one attached hydrogen (secondary N) is 1. The molecule has 162 valence electrons. The van der Waals surface area contributed by atoms with Crippen molar-refractivity contribution in [3.8, 4) is 5.75 Å². The summed E-state index contributed by atoms with van der Waals surface area (Å²) in [6.07, 6.45) is 7.08. The molecule has 5 nitrogen and oxygen atoms in total. The number of aromatic nitrogens is 1. The van der Waals surface area contributed by atoms with Gasteiger partial charge in [-0.05, 0) is 84.0 Å². The Hall–Kier alpha value is -1.85. The van der Waals surface area contributed by atoms with Gasteiger partial charge in [0, 0.05) is 41.4 Å². The average Bonchev–Trinajstić information content (AvgIpc) is 3.45. The third kappa shape index (κ3) is 3.90. The minimum atomic E-state index is 0.0459. The van der Waals surface area contributed by atoms with Crippen molar-refractivity contribution in [1.29, 1.82) is 0 Å². The fourth-order valence-corrected chi connectivity index (χ4v) is 5.30. The number of hydrogen-bond acceptors (Lipinski definition) is 5. The molecule has 2 fully saturated rings. The summed E-state index contributed by atoms with van der Waals surface area (Å²) in [6, 6.07) is 4.40. The number of rotatable bonds is 6. The van der Waals surface area contributed by atoms with Gasteiger partial charge in [0.25, 0.3) is 0 Å². The zero-order valence-electron chi connectivity index (χ0n) is 18.7. The van der Waals surface area contributed by atoms with E-state index < -0.39 is 0 Å². The molecule has 1 unspecified atom stereocenters. The van der Waals surface area contributed by atoms with Gasteiger partial charge in [0.1, 0.15) is 5.75 Å². The first-order valence-corrected chi connectivity index (χ1v) is 11.7. The number of nitrogens with zero attached hydrogens (tertiary/aromatic N) is 2. The molecule has 5 heteroatoms. The minimum Gasteiger partial charge on any atom is -0.493 e. The van der Waals surface area contributed by atoms with Crippen LogP contribution < -0.4 is 10.1 Å². The van der Waals surface area contributed by atoms with Crippen molar-refractivity contribution in [2.75, 3.05) is 38.2 Å². The molecule has 1 atom stereocenters. The first kappa shape index (κ1) is 20.1. The van der Waals surface area contributed by atoms with Crippen LogP contribution in [0.15, 0.2) is 12.1 Å². The topological polar surface area (TPSA) is 46.6 Å². The quantitative estimate of drug-likeness (QED) is 0.680. The molecule has 1 aromatic heterocycles. The fourth-order valence-electron chi connectivity index (χ4n) is 5.30. The summed E-state index contributed by atoms with van der Waals surface area (Å²) < 4.78 is 12.2.